The van der Waals surface area contributed by atoms with Gasteiger partial charge in [0.25, 0.3) is 0 Å². The van der Waals surface area contributed by atoms with Crippen molar-refractivity contribution in [2.75, 3.05) is 25.4 Å². The normalized spacial score (nSPS) is 26.9. The van der Waals surface area contributed by atoms with Gasteiger partial charge in [0, 0.05) is 37.8 Å². The summed E-state index contributed by atoms with van der Waals surface area (Å²) in [5.74, 6) is 0.974. The van der Waals surface area contributed by atoms with E-state index in [0.29, 0.717) is 23.8 Å². The van der Waals surface area contributed by atoms with Crippen LogP contribution in [0.15, 0.2) is 53.6 Å². The van der Waals surface area contributed by atoms with Crippen LogP contribution >= 0.6 is 0 Å². The van der Waals surface area contributed by atoms with Crippen LogP contribution in [0.1, 0.15) is 24.3 Å². The molecule has 2 fully saturated rings. The molecule has 4 rings (SSSR count). The van der Waals surface area contributed by atoms with Gasteiger partial charge in [-0.05, 0) is 48.6 Å². The Labute approximate surface area is 160 Å². The largest absolute Gasteiger partial charge is 0.384 e. The Morgan fingerprint density at radius 1 is 1.19 bits per heavy atom. The molecule has 0 saturated carbocycles. The summed E-state index contributed by atoms with van der Waals surface area (Å²) < 4.78 is 27.7. The van der Waals surface area contributed by atoms with Crippen molar-refractivity contribution in [3.8, 4) is 0 Å². The van der Waals surface area contributed by atoms with Gasteiger partial charge in [-0.25, -0.2) is 13.4 Å². The number of nitrogens with two attached hydrogens (primary N) is 1. The molecule has 1 aromatic carbocycles. The molecule has 0 bridgehead atoms. The fourth-order valence-electron chi connectivity index (χ4n) is 4.21. The van der Waals surface area contributed by atoms with Crippen molar-refractivity contribution >= 4 is 15.8 Å². The number of rotatable bonds is 4. The highest BCUT2D eigenvalue weighted by atomic mass is 32.2. The van der Waals surface area contributed by atoms with Gasteiger partial charge < -0.3 is 5.73 Å². The van der Waals surface area contributed by atoms with Crippen LogP contribution in [-0.4, -0.2) is 43.4 Å². The van der Waals surface area contributed by atoms with Gasteiger partial charge in [-0.2, -0.15) is 4.31 Å². The SMILES string of the molecule is Nc1cc(C2CNNC2C2CCCN(S(=O)(=O)c3ccccc3)C2)ccn1. The smallest absolute Gasteiger partial charge is 0.243 e. The molecule has 3 atom stereocenters. The Balaban J connectivity index is 1.54. The summed E-state index contributed by atoms with van der Waals surface area (Å²) in [5, 5.41) is 0. The Hall–Kier alpha value is -2.00. The molecule has 8 heteroatoms. The zero-order valence-electron chi connectivity index (χ0n) is 15.1. The van der Waals surface area contributed by atoms with Gasteiger partial charge >= 0.3 is 0 Å². The summed E-state index contributed by atoms with van der Waals surface area (Å²) in [4.78, 5) is 4.44. The molecule has 2 saturated heterocycles. The number of nitrogen functional groups attached to an aromatic ring is 1. The summed E-state index contributed by atoms with van der Waals surface area (Å²) in [6.45, 7) is 1.88. The van der Waals surface area contributed by atoms with E-state index in [2.05, 4.69) is 15.8 Å². The van der Waals surface area contributed by atoms with Crippen molar-refractivity contribution in [1.29, 1.82) is 0 Å². The second-order valence-corrected chi connectivity index (χ2v) is 9.19. The number of hydrogen-bond donors (Lipinski definition) is 3. The number of sulfonamides is 1. The van der Waals surface area contributed by atoms with Gasteiger partial charge in [-0.1, -0.05) is 18.2 Å². The summed E-state index contributed by atoms with van der Waals surface area (Å²) in [6, 6.07) is 12.7. The van der Waals surface area contributed by atoms with E-state index in [-0.39, 0.29) is 17.9 Å². The van der Waals surface area contributed by atoms with Gasteiger partial charge in [0.1, 0.15) is 5.82 Å². The average molecular weight is 388 g/mol. The minimum Gasteiger partial charge on any atom is -0.384 e. The van der Waals surface area contributed by atoms with Gasteiger partial charge in [-0.15, -0.1) is 0 Å². The highest BCUT2D eigenvalue weighted by Crippen LogP contribution is 2.33. The topological polar surface area (TPSA) is 100 Å². The minimum atomic E-state index is -3.46. The maximum absolute atomic E-state index is 13.0. The maximum atomic E-state index is 13.0. The molecule has 2 aliphatic heterocycles. The predicted molar refractivity (Wildman–Crippen MR) is 104 cm³/mol. The molecule has 2 aliphatic rings. The Bertz CT molecular complexity index is 890. The van der Waals surface area contributed by atoms with Crippen LogP contribution in [0, 0.1) is 5.92 Å². The number of hydrazine groups is 1. The average Bonchev–Trinajstić information content (AvgIpc) is 3.19. The van der Waals surface area contributed by atoms with Crippen molar-refractivity contribution in [2.45, 2.75) is 29.7 Å². The summed E-state index contributed by atoms with van der Waals surface area (Å²) >= 11 is 0. The second-order valence-electron chi connectivity index (χ2n) is 7.25. The van der Waals surface area contributed by atoms with E-state index in [0.717, 1.165) is 24.9 Å². The lowest BCUT2D eigenvalue weighted by Gasteiger charge is -2.36. The summed E-state index contributed by atoms with van der Waals surface area (Å²) in [6.07, 6.45) is 3.59. The molecule has 1 aromatic heterocycles. The van der Waals surface area contributed by atoms with Crippen molar-refractivity contribution in [3.05, 3.63) is 54.2 Å². The molecule has 27 heavy (non-hydrogen) atoms. The lowest BCUT2D eigenvalue weighted by atomic mass is 9.82. The molecule has 4 N–H and O–H groups in total. The van der Waals surface area contributed by atoms with Gasteiger partial charge in [0.15, 0.2) is 0 Å². The lowest BCUT2D eigenvalue weighted by molar-refractivity contribution is 0.215. The molecule has 0 aliphatic carbocycles. The van der Waals surface area contributed by atoms with E-state index in [4.69, 9.17) is 5.73 Å². The Kier molecular flexibility index (Phi) is 5.14. The molecule has 0 amide bonds. The van der Waals surface area contributed by atoms with E-state index in [9.17, 15) is 8.42 Å². The minimum absolute atomic E-state index is 0.153. The number of piperidine rings is 1. The van der Waals surface area contributed by atoms with Gasteiger partial charge in [0.05, 0.1) is 4.90 Å². The Morgan fingerprint density at radius 2 is 2.00 bits per heavy atom. The number of nitrogens with zero attached hydrogens (tertiary/aromatic N) is 2. The van der Waals surface area contributed by atoms with Gasteiger partial charge in [-0.3, -0.25) is 10.9 Å². The van der Waals surface area contributed by atoms with Crippen LogP contribution in [0.2, 0.25) is 0 Å². The molecule has 3 heterocycles. The summed E-state index contributed by atoms with van der Waals surface area (Å²) in [5.41, 5.74) is 13.6. The van der Waals surface area contributed by atoms with Crippen molar-refractivity contribution < 1.29 is 8.42 Å². The molecular weight excluding hydrogens is 362 g/mol. The van der Waals surface area contributed by atoms with Crippen LogP contribution in [0.25, 0.3) is 0 Å². The number of hydrogen-bond acceptors (Lipinski definition) is 6. The van der Waals surface area contributed by atoms with Crippen LogP contribution in [0.4, 0.5) is 5.82 Å². The van der Waals surface area contributed by atoms with E-state index in [1.165, 1.54) is 0 Å². The molecule has 3 unspecified atom stereocenters. The molecule has 2 aromatic rings. The number of aromatic nitrogens is 1. The first-order valence-electron chi connectivity index (χ1n) is 9.31. The predicted octanol–water partition coefficient (Wildman–Crippen LogP) is 1.32. The molecule has 0 radical (unpaired) electrons. The zero-order valence-corrected chi connectivity index (χ0v) is 15.9. The molecule has 7 nitrogen and oxygen atoms in total. The lowest BCUT2D eigenvalue weighted by Crippen LogP contribution is -2.48. The first-order chi connectivity index (χ1) is 13.1. The molecule has 0 spiro atoms. The fraction of sp³-hybridized carbons (Fsp3) is 0.421. The third-order valence-electron chi connectivity index (χ3n) is 5.57. The number of nitrogens with one attached hydrogen (secondary N) is 2. The zero-order chi connectivity index (χ0) is 18.9. The van der Waals surface area contributed by atoms with Crippen LogP contribution in [-0.2, 0) is 10.0 Å². The highest BCUT2D eigenvalue weighted by molar-refractivity contribution is 7.89. The first-order valence-corrected chi connectivity index (χ1v) is 10.7. The van der Waals surface area contributed by atoms with E-state index in [1.807, 2.05) is 18.2 Å². The van der Waals surface area contributed by atoms with E-state index >= 15 is 0 Å². The number of pyridine rings is 1. The molecular formula is C19H25N5O2S. The number of anilines is 1. The van der Waals surface area contributed by atoms with Crippen LogP contribution in [0.5, 0.6) is 0 Å². The van der Waals surface area contributed by atoms with Gasteiger partial charge in [0.2, 0.25) is 10.0 Å². The maximum Gasteiger partial charge on any atom is 0.243 e. The third kappa shape index (κ3) is 3.70. The van der Waals surface area contributed by atoms with Crippen LogP contribution in [0.3, 0.4) is 0 Å². The molecule has 144 valence electrons. The van der Waals surface area contributed by atoms with E-state index < -0.39 is 10.0 Å². The summed E-state index contributed by atoms with van der Waals surface area (Å²) in [7, 11) is -3.46. The highest BCUT2D eigenvalue weighted by Gasteiger charge is 2.39. The quantitative estimate of drug-likeness (QED) is 0.732. The second kappa shape index (κ2) is 7.55. The van der Waals surface area contributed by atoms with Crippen molar-refractivity contribution in [1.82, 2.24) is 20.1 Å². The van der Waals surface area contributed by atoms with E-state index in [1.54, 1.807) is 34.8 Å². The van der Waals surface area contributed by atoms with Crippen molar-refractivity contribution in [2.24, 2.45) is 5.92 Å². The third-order valence-corrected chi connectivity index (χ3v) is 7.45. The van der Waals surface area contributed by atoms with Crippen LogP contribution < -0.4 is 16.6 Å². The first kappa shape index (κ1) is 18.4. The standard InChI is InChI=1S/C19H25N5O2S/c20-18-11-14(8-9-21-18)17-12-22-23-19(17)15-5-4-10-24(13-15)27(25,26)16-6-2-1-3-7-16/h1-3,6-9,11,15,17,19,22-23H,4-5,10,12-13H2,(H2,20,21). The Morgan fingerprint density at radius 3 is 2.78 bits per heavy atom. The monoisotopic (exact) mass is 387 g/mol. The number of benzene rings is 1. The fourth-order valence-corrected chi connectivity index (χ4v) is 5.77. The van der Waals surface area contributed by atoms with Crippen molar-refractivity contribution in [3.63, 3.8) is 0 Å².